The molecule has 4 heteroatoms. The Morgan fingerprint density at radius 2 is 1.90 bits per heavy atom. The lowest BCUT2D eigenvalue weighted by Gasteiger charge is -2.46. The first-order valence-electron chi connectivity index (χ1n) is 11.4. The van der Waals surface area contributed by atoms with Crippen LogP contribution in [0, 0.1) is 19.8 Å². The summed E-state index contributed by atoms with van der Waals surface area (Å²) >= 11 is 0. The minimum atomic E-state index is -0.0690. The molecule has 154 valence electrons. The van der Waals surface area contributed by atoms with Gasteiger partial charge in [-0.05, 0) is 68.4 Å². The predicted octanol–water partition coefficient (Wildman–Crippen LogP) is 5.31. The van der Waals surface area contributed by atoms with Crippen LogP contribution in [0.15, 0.2) is 30.5 Å². The normalized spacial score (nSPS) is 20.4. The fraction of sp³-hybridized carbons (Fsp3) is 0.560. The van der Waals surface area contributed by atoms with Crippen LogP contribution in [0.3, 0.4) is 0 Å². The number of rotatable bonds is 3. The van der Waals surface area contributed by atoms with Gasteiger partial charge in [0.25, 0.3) is 0 Å². The van der Waals surface area contributed by atoms with Gasteiger partial charge in [0.05, 0.1) is 16.9 Å². The van der Waals surface area contributed by atoms with Crippen LogP contribution >= 0.6 is 0 Å². The molecule has 0 unspecified atom stereocenters. The number of benzene rings is 1. The van der Waals surface area contributed by atoms with E-state index in [4.69, 9.17) is 0 Å². The molecule has 0 radical (unpaired) electrons. The molecule has 3 aliphatic rings. The number of carbonyl (C=O) groups is 1. The molecule has 4 nitrogen and oxygen atoms in total. The second kappa shape index (κ2) is 7.23. The van der Waals surface area contributed by atoms with Crippen molar-refractivity contribution in [2.45, 2.75) is 70.8 Å². The number of piperidine rings is 1. The Labute approximate surface area is 174 Å². The molecule has 0 atom stereocenters. The van der Waals surface area contributed by atoms with Crippen molar-refractivity contribution in [1.82, 2.24) is 9.47 Å². The number of fused-ring (bicyclic) bond motifs is 4. The third-order valence-corrected chi connectivity index (χ3v) is 7.77. The molecular weight excluding hydrogens is 358 g/mol. The van der Waals surface area contributed by atoms with Crippen LogP contribution in [0.2, 0.25) is 0 Å². The molecule has 2 aromatic rings. The first-order chi connectivity index (χ1) is 14.1. The Kier molecular flexibility index (Phi) is 4.68. The number of hydrogen-bond acceptors (Lipinski definition) is 2. The summed E-state index contributed by atoms with van der Waals surface area (Å²) in [7, 11) is 0. The average molecular weight is 392 g/mol. The molecule has 1 aromatic heterocycles. The van der Waals surface area contributed by atoms with Crippen molar-refractivity contribution in [2.24, 2.45) is 5.92 Å². The number of aromatic nitrogens is 1. The summed E-state index contributed by atoms with van der Waals surface area (Å²) in [5, 5.41) is 3.90. The molecule has 0 bridgehead atoms. The van der Waals surface area contributed by atoms with Gasteiger partial charge in [-0.15, -0.1) is 0 Å². The SMILES string of the molecule is Cc1ccc2c(c1C)-n1cccc1C1(CCN(C(=O)CCC3CCCC3)CC1)N2. The summed E-state index contributed by atoms with van der Waals surface area (Å²) in [4.78, 5) is 14.9. The number of amides is 1. The largest absolute Gasteiger partial charge is 0.372 e. The predicted molar refractivity (Wildman–Crippen MR) is 118 cm³/mol. The van der Waals surface area contributed by atoms with Crippen molar-refractivity contribution in [3.8, 4) is 5.69 Å². The molecule has 2 aliphatic heterocycles. The van der Waals surface area contributed by atoms with Crippen LogP contribution in [-0.2, 0) is 10.3 Å². The zero-order valence-electron chi connectivity index (χ0n) is 17.8. The van der Waals surface area contributed by atoms with Crippen LogP contribution in [0.4, 0.5) is 5.69 Å². The monoisotopic (exact) mass is 391 g/mol. The molecule has 2 fully saturated rings. The Balaban J connectivity index is 1.32. The van der Waals surface area contributed by atoms with E-state index in [1.54, 1.807) is 0 Å². The van der Waals surface area contributed by atoms with Gasteiger partial charge in [-0.1, -0.05) is 31.7 Å². The zero-order valence-corrected chi connectivity index (χ0v) is 17.8. The Hall–Kier alpha value is -2.23. The van der Waals surface area contributed by atoms with Crippen molar-refractivity contribution < 1.29 is 4.79 Å². The third kappa shape index (κ3) is 3.17. The Bertz CT molecular complexity index is 914. The quantitative estimate of drug-likeness (QED) is 0.770. The lowest BCUT2D eigenvalue weighted by atomic mass is 9.81. The van der Waals surface area contributed by atoms with E-state index in [1.165, 1.54) is 53.9 Å². The first kappa shape index (κ1) is 18.8. The molecule has 1 aliphatic carbocycles. The average Bonchev–Trinajstić information content (AvgIpc) is 3.42. The summed E-state index contributed by atoms with van der Waals surface area (Å²) in [6.07, 6.45) is 11.3. The van der Waals surface area contributed by atoms with Gasteiger partial charge < -0.3 is 14.8 Å². The second-order valence-corrected chi connectivity index (χ2v) is 9.44. The molecular formula is C25H33N3O. The number of nitrogens with one attached hydrogen (secondary N) is 1. The highest BCUT2D eigenvalue weighted by Crippen LogP contribution is 2.45. The van der Waals surface area contributed by atoms with Crippen LogP contribution < -0.4 is 5.32 Å². The van der Waals surface area contributed by atoms with Crippen molar-refractivity contribution in [3.05, 3.63) is 47.3 Å². The minimum absolute atomic E-state index is 0.0690. The van der Waals surface area contributed by atoms with Crippen LogP contribution in [-0.4, -0.2) is 28.5 Å². The summed E-state index contributed by atoms with van der Waals surface area (Å²) in [5.74, 6) is 1.16. The highest BCUT2D eigenvalue weighted by atomic mass is 16.2. The van der Waals surface area contributed by atoms with Gasteiger partial charge in [0.1, 0.15) is 0 Å². The highest BCUT2D eigenvalue weighted by Gasteiger charge is 2.42. The number of carbonyl (C=O) groups excluding carboxylic acids is 1. The van der Waals surface area contributed by atoms with E-state index >= 15 is 0 Å². The van der Waals surface area contributed by atoms with Crippen LogP contribution in [0.1, 0.15) is 68.2 Å². The number of aryl methyl sites for hydroxylation is 1. The van der Waals surface area contributed by atoms with Crippen LogP contribution in [0.5, 0.6) is 0 Å². The van der Waals surface area contributed by atoms with Gasteiger partial charge in [0.15, 0.2) is 0 Å². The number of nitrogens with zero attached hydrogens (tertiary/aromatic N) is 2. The molecule has 1 amide bonds. The number of likely N-dealkylation sites (tertiary alicyclic amines) is 1. The molecule has 5 rings (SSSR count). The van der Waals surface area contributed by atoms with Crippen LogP contribution in [0.25, 0.3) is 5.69 Å². The highest BCUT2D eigenvalue weighted by molar-refractivity contribution is 5.76. The smallest absolute Gasteiger partial charge is 0.222 e. The van der Waals surface area contributed by atoms with E-state index in [0.29, 0.717) is 5.91 Å². The lowest BCUT2D eigenvalue weighted by molar-refractivity contribution is -0.133. The molecule has 1 spiro atoms. The molecule has 1 saturated heterocycles. The molecule has 3 heterocycles. The topological polar surface area (TPSA) is 37.3 Å². The van der Waals surface area contributed by atoms with Crippen molar-refractivity contribution in [3.63, 3.8) is 0 Å². The number of hydrogen-bond donors (Lipinski definition) is 1. The Morgan fingerprint density at radius 3 is 2.66 bits per heavy atom. The summed E-state index contributed by atoms with van der Waals surface area (Å²) < 4.78 is 2.38. The maximum atomic E-state index is 12.8. The first-order valence-corrected chi connectivity index (χ1v) is 11.4. The second-order valence-electron chi connectivity index (χ2n) is 9.44. The van der Waals surface area contributed by atoms with Gasteiger partial charge >= 0.3 is 0 Å². The van der Waals surface area contributed by atoms with Gasteiger partial charge in [-0.3, -0.25) is 4.79 Å². The standard InChI is InChI=1S/C25H33N3O/c1-18-9-11-21-24(19(18)2)28-15-5-8-22(28)25(26-21)13-16-27(17-14-25)23(29)12-10-20-6-3-4-7-20/h5,8-9,11,15,20,26H,3-4,6-7,10,12-14,16-17H2,1-2H3. The van der Waals surface area contributed by atoms with Crippen molar-refractivity contribution in [2.75, 3.05) is 18.4 Å². The molecule has 1 N–H and O–H groups in total. The Morgan fingerprint density at radius 1 is 1.14 bits per heavy atom. The maximum Gasteiger partial charge on any atom is 0.222 e. The van der Waals surface area contributed by atoms with E-state index in [2.05, 4.69) is 59.1 Å². The van der Waals surface area contributed by atoms with Crippen molar-refractivity contribution >= 4 is 11.6 Å². The fourth-order valence-corrected chi connectivity index (χ4v) is 5.80. The summed E-state index contributed by atoms with van der Waals surface area (Å²) in [5.41, 5.74) is 6.44. The summed E-state index contributed by atoms with van der Waals surface area (Å²) in [6.45, 7) is 6.09. The minimum Gasteiger partial charge on any atom is -0.372 e. The van der Waals surface area contributed by atoms with E-state index in [0.717, 1.165) is 44.7 Å². The zero-order chi connectivity index (χ0) is 20.0. The van der Waals surface area contributed by atoms with E-state index in [1.807, 2.05) is 0 Å². The summed E-state index contributed by atoms with van der Waals surface area (Å²) in [6, 6.07) is 8.86. The van der Waals surface area contributed by atoms with Crippen molar-refractivity contribution in [1.29, 1.82) is 0 Å². The van der Waals surface area contributed by atoms with E-state index < -0.39 is 0 Å². The molecule has 1 aromatic carbocycles. The number of anilines is 1. The van der Waals surface area contributed by atoms with Gasteiger partial charge in [0.2, 0.25) is 5.91 Å². The van der Waals surface area contributed by atoms with E-state index in [-0.39, 0.29) is 5.54 Å². The fourth-order valence-electron chi connectivity index (χ4n) is 5.80. The van der Waals surface area contributed by atoms with Gasteiger partial charge in [-0.2, -0.15) is 0 Å². The molecule has 1 saturated carbocycles. The van der Waals surface area contributed by atoms with Gasteiger partial charge in [-0.25, -0.2) is 0 Å². The molecule has 29 heavy (non-hydrogen) atoms. The van der Waals surface area contributed by atoms with E-state index in [9.17, 15) is 4.79 Å². The third-order valence-electron chi connectivity index (χ3n) is 7.77. The maximum absolute atomic E-state index is 12.8. The van der Waals surface area contributed by atoms with Gasteiger partial charge in [0, 0.05) is 31.4 Å². The lowest BCUT2D eigenvalue weighted by Crippen LogP contribution is -2.51.